The Morgan fingerprint density at radius 3 is 1.62 bits per heavy atom. The van der Waals surface area contributed by atoms with E-state index >= 15 is 0 Å². The Morgan fingerprint density at radius 2 is 1.10 bits per heavy atom. The van der Waals surface area contributed by atoms with Crippen LogP contribution >= 0.6 is 0 Å². The van der Waals surface area contributed by atoms with Gasteiger partial charge in [0.25, 0.3) is 0 Å². The smallest absolute Gasteiger partial charge is 0.137 e. The molecule has 0 amide bonds. The minimum Gasteiger partial charge on any atom is -0.497 e. The Kier molecular flexibility index (Phi) is 10.3. The van der Waals surface area contributed by atoms with Gasteiger partial charge in [0.1, 0.15) is 30.3 Å². The van der Waals surface area contributed by atoms with Crippen molar-refractivity contribution in [3.05, 3.63) is 138 Å². The highest BCUT2D eigenvalue weighted by atomic mass is 16.6. The van der Waals surface area contributed by atoms with Crippen molar-refractivity contribution in [3.8, 4) is 5.75 Å². The minimum atomic E-state index is -0.406. The van der Waals surface area contributed by atoms with Crippen LogP contribution < -0.4 is 10.1 Å². The summed E-state index contributed by atoms with van der Waals surface area (Å²) in [5.41, 5.74) is 4.41. The molecule has 40 heavy (non-hydrogen) atoms. The predicted octanol–water partition coefficient (Wildman–Crippen LogP) is 5.90. The van der Waals surface area contributed by atoms with Crippen molar-refractivity contribution in [2.24, 2.45) is 0 Å². The number of nitrogens with one attached hydrogen (secondary N) is 1. The summed E-state index contributed by atoms with van der Waals surface area (Å²) in [5, 5.41) is 3.56. The van der Waals surface area contributed by atoms with Gasteiger partial charge in [0, 0.05) is 6.54 Å². The van der Waals surface area contributed by atoms with Crippen LogP contribution in [0.25, 0.3) is 0 Å². The first kappa shape index (κ1) is 28.0. The van der Waals surface area contributed by atoms with Gasteiger partial charge in [-0.15, -0.1) is 0 Å². The molecule has 4 aromatic carbocycles. The molecule has 0 saturated carbocycles. The standard InChI is InChI=1S/C34H37NO5/c1-36-30-19-17-26(18-20-30)21-35-34-33(39-24-29-15-9-4-10-16-29)32(38-23-28-13-7-3-8-14-28)31(25-40-34)37-22-27-11-5-2-6-12-27/h2-20,31-35H,21-25H2,1H3/t31-,32+,33-,34?/m1/s1. The normalized spacial score (nSPS) is 20.7. The molecule has 1 N–H and O–H groups in total. The zero-order valence-corrected chi connectivity index (χ0v) is 22.9. The van der Waals surface area contributed by atoms with Gasteiger partial charge in [-0.2, -0.15) is 0 Å². The summed E-state index contributed by atoms with van der Waals surface area (Å²) in [7, 11) is 1.67. The van der Waals surface area contributed by atoms with Crippen LogP contribution in [0.3, 0.4) is 0 Å². The minimum absolute atomic E-state index is 0.302. The Labute approximate surface area is 236 Å². The summed E-state index contributed by atoms with van der Waals surface area (Å²) >= 11 is 0. The first-order chi connectivity index (χ1) is 19.8. The van der Waals surface area contributed by atoms with E-state index in [0.29, 0.717) is 33.0 Å². The zero-order valence-electron chi connectivity index (χ0n) is 22.9. The molecule has 208 valence electrons. The molecule has 4 atom stereocenters. The fourth-order valence-corrected chi connectivity index (χ4v) is 4.75. The summed E-state index contributed by atoms with van der Waals surface area (Å²) in [6.45, 7) is 2.35. The van der Waals surface area contributed by atoms with Crippen molar-refractivity contribution < 1.29 is 23.7 Å². The summed E-state index contributed by atoms with van der Waals surface area (Å²) in [6.07, 6.45) is -1.45. The van der Waals surface area contributed by atoms with Crippen LogP contribution in [-0.4, -0.2) is 38.3 Å². The van der Waals surface area contributed by atoms with Crippen LogP contribution in [0.5, 0.6) is 5.75 Å². The van der Waals surface area contributed by atoms with Crippen molar-refractivity contribution in [2.75, 3.05) is 13.7 Å². The maximum Gasteiger partial charge on any atom is 0.137 e. The van der Waals surface area contributed by atoms with Gasteiger partial charge in [-0.25, -0.2) is 0 Å². The Morgan fingerprint density at radius 1 is 0.600 bits per heavy atom. The molecular weight excluding hydrogens is 502 g/mol. The SMILES string of the molecule is COc1ccc(CNC2OC[C@@H](OCc3ccccc3)[C@H](OCc3ccccc3)[C@H]2OCc2ccccc2)cc1. The fourth-order valence-electron chi connectivity index (χ4n) is 4.75. The Balaban J connectivity index is 1.34. The molecule has 1 aliphatic rings. The number of hydrogen-bond donors (Lipinski definition) is 1. The molecule has 0 aliphatic carbocycles. The van der Waals surface area contributed by atoms with Gasteiger partial charge in [0.15, 0.2) is 0 Å². The molecule has 1 unspecified atom stereocenters. The Bertz CT molecular complexity index is 1250. The van der Waals surface area contributed by atoms with E-state index in [0.717, 1.165) is 28.0 Å². The topological polar surface area (TPSA) is 58.2 Å². The van der Waals surface area contributed by atoms with E-state index in [2.05, 4.69) is 41.7 Å². The van der Waals surface area contributed by atoms with Gasteiger partial charge in [-0.1, -0.05) is 103 Å². The van der Waals surface area contributed by atoms with E-state index < -0.39 is 6.10 Å². The summed E-state index contributed by atoms with van der Waals surface area (Å²) in [4.78, 5) is 0. The molecule has 0 radical (unpaired) electrons. The van der Waals surface area contributed by atoms with Gasteiger partial charge >= 0.3 is 0 Å². The third kappa shape index (κ3) is 8.01. The molecule has 6 heteroatoms. The largest absolute Gasteiger partial charge is 0.497 e. The highest BCUT2D eigenvalue weighted by Gasteiger charge is 2.43. The second-order valence-electron chi connectivity index (χ2n) is 9.84. The van der Waals surface area contributed by atoms with Crippen molar-refractivity contribution in [3.63, 3.8) is 0 Å². The lowest BCUT2D eigenvalue weighted by molar-refractivity contribution is -0.244. The highest BCUT2D eigenvalue weighted by molar-refractivity contribution is 5.27. The van der Waals surface area contributed by atoms with Crippen LogP contribution in [0, 0.1) is 0 Å². The van der Waals surface area contributed by atoms with Crippen LogP contribution in [-0.2, 0) is 45.3 Å². The van der Waals surface area contributed by atoms with Crippen LogP contribution in [0.1, 0.15) is 22.3 Å². The number of hydrogen-bond acceptors (Lipinski definition) is 6. The maximum atomic E-state index is 6.60. The third-order valence-corrected chi connectivity index (χ3v) is 6.97. The van der Waals surface area contributed by atoms with Crippen molar-refractivity contribution in [1.82, 2.24) is 5.32 Å². The van der Waals surface area contributed by atoms with Gasteiger partial charge in [0.05, 0.1) is 33.5 Å². The van der Waals surface area contributed by atoms with Gasteiger partial charge in [-0.05, 0) is 34.4 Å². The number of methoxy groups -OCH3 is 1. The van der Waals surface area contributed by atoms with Crippen molar-refractivity contribution in [2.45, 2.75) is 50.9 Å². The molecule has 6 nitrogen and oxygen atoms in total. The first-order valence-corrected chi connectivity index (χ1v) is 13.7. The molecule has 1 aliphatic heterocycles. The summed E-state index contributed by atoms with van der Waals surface area (Å²) < 4.78 is 31.3. The van der Waals surface area contributed by atoms with E-state index in [1.54, 1.807) is 7.11 Å². The first-order valence-electron chi connectivity index (χ1n) is 13.7. The average Bonchev–Trinajstić information content (AvgIpc) is 3.03. The molecule has 1 fully saturated rings. The quantitative estimate of drug-likeness (QED) is 0.228. The molecule has 1 saturated heterocycles. The van der Waals surface area contributed by atoms with Gasteiger partial charge < -0.3 is 23.7 Å². The van der Waals surface area contributed by atoms with E-state index in [9.17, 15) is 0 Å². The number of benzene rings is 4. The lowest BCUT2D eigenvalue weighted by Crippen LogP contribution is -2.60. The number of ether oxygens (including phenoxy) is 5. The van der Waals surface area contributed by atoms with Gasteiger partial charge in [-0.3, -0.25) is 5.32 Å². The molecule has 0 bridgehead atoms. The van der Waals surface area contributed by atoms with Crippen molar-refractivity contribution in [1.29, 1.82) is 0 Å². The van der Waals surface area contributed by atoms with Crippen LogP contribution in [0.2, 0.25) is 0 Å². The highest BCUT2D eigenvalue weighted by Crippen LogP contribution is 2.26. The lowest BCUT2D eigenvalue weighted by atomic mass is 10.0. The van der Waals surface area contributed by atoms with E-state index in [1.165, 1.54) is 0 Å². The molecule has 5 rings (SSSR count). The molecular formula is C34H37NO5. The van der Waals surface area contributed by atoms with Crippen LogP contribution in [0.15, 0.2) is 115 Å². The summed E-state index contributed by atoms with van der Waals surface area (Å²) in [6, 6.07) is 38.5. The van der Waals surface area contributed by atoms with Gasteiger partial charge in [0.2, 0.25) is 0 Å². The van der Waals surface area contributed by atoms with Crippen molar-refractivity contribution >= 4 is 0 Å². The second kappa shape index (κ2) is 14.7. The molecule has 0 spiro atoms. The van der Waals surface area contributed by atoms with E-state index in [-0.39, 0.29) is 18.4 Å². The fraction of sp³-hybridized carbons (Fsp3) is 0.294. The summed E-state index contributed by atoms with van der Waals surface area (Å²) in [5.74, 6) is 0.828. The average molecular weight is 540 g/mol. The monoisotopic (exact) mass is 539 g/mol. The molecule has 1 heterocycles. The predicted molar refractivity (Wildman–Crippen MR) is 155 cm³/mol. The zero-order chi connectivity index (χ0) is 27.4. The van der Waals surface area contributed by atoms with E-state index in [4.69, 9.17) is 23.7 Å². The number of rotatable bonds is 13. The van der Waals surface area contributed by atoms with Crippen LogP contribution in [0.4, 0.5) is 0 Å². The third-order valence-electron chi connectivity index (χ3n) is 6.97. The molecule has 0 aromatic heterocycles. The second-order valence-corrected chi connectivity index (χ2v) is 9.84. The Hall–Kier alpha value is -3.52. The van der Waals surface area contributed by atoms with E-state index in [1.807, 2.05) is 78.9 Å². The maximum absolute atomic E-state index is 6.60. The lowest BCUT2D eigenvalue weighted by Gasteiger charge is -2.42. The molecule has 4 aromatic rings.